The monoisotopic (exact) mass is 258 g/mol. The Morgan fingerprint density at radius 3 is 2.50 bits per heavy atom. The van der Waals surface area contributed by atoms with Crippen LogP contribution in [0.5, 0.6) is 0 Å². The standard InChI is InChI=1S/C15H11ClO2/c16-14-6-5-13(11-3-1-2-4-12(11)14)15(17)10-7-8-18-9-10/h1-9,15,17H. The average molecular weight is 259 g/mol. The predicted octanol–water partition coefficient (Wildman–Crippen LogP) is 4.17. The predicted molar refractivity (Wildman–Crippen MR) is 71.7 cm³/mol. The molecular formula is C15H11ClO2. The van der Waals surface area contributed by atoms with Crippen molar-refractivity contribution in [3.8, 4) is 0 Å². The molecule has 0 fully saturated rings. The Morgan fingerprint density at radius 2 is 1.78 bits per heavy atom. The van der Waals surface area contributed by atoms with Crippen molar-refractivity contribution >= 4 is 22.4 Å². The Bertz CT molecular complexity index is 674. The zero-order chi connectivity index (χ0) is 12.5. The van der Waals surface area contributed by atoms with Crippen LogP contribution in [0.4, 0.5) is 0 Å². The molecule has 18 heavy (non-hydrogen) atoms. The summed E-state index contributed by atoms with van der Waals surface area (Å²) in [6, 6.07) is 13.2. The maximum absolute atomic E-state index is 10.4. The van der Waals surface area contributed by atoms with E-state index in [-0.39, 0.29) is 0 Å². The number of rotatable bonds is 2. The molecule has 0 radical (unpaired) electrons. The number of benzene rings is 2. The van der Waals surface area contributed by atoms with E-state index in [1.165, 1.54) is 0 Å². The van der Waals surface area contributed by atoms with Crippen LogP contribution in [0.1, 0.15) is 17.2 Å². The molecule has 3 heteroatoms. The van der Waals surface area contributed by atoms with Crippen molar-refractivity contribution in [1.82, 2.24) is 0 Å². The maximum Gasteiger partial charge on any atom is 0.108 e. The minimum absolute atomic E-state index is 0.689. The summed E-state index contributed by atoms with van der Waals surface area (Å²) in [6.07, 6.45) is 2.40. The Hall–Kier alpha value is -1.77. The van der Waals surface area contributed by atoms with E-state index in [0.29, 0.717) is 5.02 Å². The third-order valence-corrected chi connectivity index (χ3v) is 3.39. The zero-order valence-corrected chi connectivity index (χ0v) is 10.3. The second-order valence-corrected chi connectivity index (χ2v) is 4.55. The minimum Gasteiger partial charge on any atom is -0.472 e. The van der Waals surface area contributed by atoms with Crippen molar-refractivity contribution in [2.24, 2.45) is 0 Å². The molecule has 0 aliphatic carbocycles. The first-order chi connectivity index (χ1) is 8.77. The van der Waals surface area contributed by atoms with Crippen LogP contribution < -0.4 is 0 Å². The highest BCUT2D eigenvalue weighted by molar-refractivity contribution is 6.35. The van der Waals surface area contributed by atoms with Gasteiger partial charge < -0.3 is 9.52 Å². The van der Waals surface area contributed by atoms with Crippen LogP contribution in [-0.2, 0) is 0 Å². The molecule has 0 amide bonds. The molecule has 2 aromatic carbocycles. The maximum atomic E-state index is 10.4. The van der Waals surface area contributed by atoms with Gasteiger partial charge in [-0.25, -0.2) is 0 Å². The Kier molecular flexibility index (Phi) is 2.82. The highest BCUT2D eigenvalue weighted by Crippen LogP contribution is 2.32. The molecule has 90 valence electrons. The van der Waals surface area contributed by atoms with Gasteiger partial charge in [0.1, 0.15) is 6.10 Å². The van der Waals surface area contributed by atoms with Gasteiger partial charge in [-0.3, -0.25) is 0 Å². The molecule has 3 rings (SSSR count). The molecule has 2 nitrogen and oxygen atoms in total. The van der Waals surface area contributed by atoms with Crippen molar-refractivity contribution in [2.75, 3.05) is 0 Å². The number of hydrogen-bond donors (Lipinski definition) is 1. The van der Waals surface area contributed by atoms with Gasteiger partial charge in [-0.1, -0.05) is 41.9 Å². The molecule has 0 saturated carbocycles. The lowest BCUT2D eigenvalue weighted by Crippen LogP contribution is -1.99. The normalized spacial score (nSPS) is 12.8. The van der Waals surface area contributed by atoms with E-state index in [1.54, 1.807) is 18.6 Å². The van der Waals surface area contributed by atoms with Gasteiger partial charge >= 0.3 is 0 Å². The SMILES string of the molecule is OC(c1ccoc1)c1ccc(Cl)c2ccccc12. The van der Waals surface area contributed by atoms with E-state index in [1.807, 2.05) is 36.4 Å². The van der Waals surface area contributed by atoms with Gasteiger partial charge in [0.15, 0.2) is 0 Å². The van der Waals surface area contributed by atoms with Crippen LogP contribution in [-0.4, -0.2) is 5.11 Å². The lowest BCUT2D eigenvalue weighted by molar-refractivity contribution is 0.221. The molecule has 1 N–H and O–H groups in total. The van der Waals surface area contributed by atoms with Gasteiger partial charge in [0.25, 0.3) is 0 Å². The summed E-state index contributed by atoms with van der Waals surface area (Å²) in [4.78, 5) is 0. The van der Waals surface area contributed by atoms with Crippen molar-refractivity contribution < 1.29 is 9.52 Å². The summed E-state index contributed by atoms with van der Waals surface area (Å²) in [5.74, 6) is 0. The third kappa shape index (κ3) is 1.80. The molecule has 1 aromatic heterocycles. The zero-order valence-electron chi connectivity index (χ0n) is 9.51. The van der Waals surface area contributed by atoms with Gasteiger partial charge in [-0.15, -0.1) is 0 Å². The lowest BCUT2D eigenvalue weighted by Gasteiger charge is -2.13. The highest BCUT2D eigenvalue weighted by Gasteiger charge is 2.15. The number of furan rings is 1. The number of aliphatic hydroxyl groups excluding tert-OH is 1. The molecule has 0 aliphatic rings. The molecule has 0 bridgehead atoms. The summed E-state index contributed by atoms with van der Waals surface area (Å²) in [6.45, 7) is 0. The number of hydrogen-bond acceptors (Lipinski definition) is 2. The molecule has 1 heterocycles. The van der Waals surface area contributed by atoms with Crippen molar-refractivity contribution in [3.05, 3.63) is 71.1 Å². The van der Waals surface area contributed by atoms with Gasteiger partial charge in [0, 0.05) is 16.0 Å². The first-order valence-electron chi connectivity index (χ1n) is 5.64. The third-order valence-electron chi connectivity index (χ3n) is 3.06. The van der Waals surface area contributed by atoms with Crippen LogP contribution >= 0.6 is 11.6 Å². The number of aliphatic hydroxyl groups is 1. The van der Waals surface area contributed by atoms with E-state index in [2.05, 4.69) is 0 Å². The molecule has 3 aromatic rings. The van der Waals surface area contributed by atoms with Crippen LogP contribution in [0, 0.1) is 0 Å². The van der Waals surface area contributed by atoms with Crippen LogP contribution in [0.2, 0.25) is 5.02 Å². The Labute approximate surface area is 109 Å². The van der Waals surface area contributed by atoms with Gasteiger partial charge in [-0.2, -0.15) is 0 Å². The molecule has 0 saturated heterocycles. The quantitative estimate of drug-likeness (QED) is 0.748. The van der Waals surface area contributed by atoms with E-state index < -0.39 is 6.10 Å². The summed E-state index contributed by atoms with van der Waals surface area (Å²) in [5.41, 5.74) is 1.57. The second kappa shape index (κ2) is 4.48. The average Bonchev–Trinajstić information content (AvgIpc) is 2.93. The summed E-state index contributed by atoms with van der Waals surface area (Å²) in [5, 5.41) is 13.0. The number of halogens is 1. The van der Waals surface area contributed by atoms with E-state index in [0.717, 1.165) is 21.9 Å². The molecular weight excluding hydrogens is 248 g/mol. The summed E-state index contributed by atoms with van der Waals surface area (Å²) in [7, 11) is 0. The molecule has 1 atom stereocenters. The Balaban J connectivity index is 2.21. The fourth-order valence-corrected chi connectivity index (χ4v) is 2.36. The molecule has 0 aliphatic heterocycles. The van der Waals surface area contributed by atoms with E-state index >= 15 is 0 Å². The van der Waals surface area contributed by atoms with Crippen molar-refractivity contribution in [2.45, 2.75) is 6.10 Å². The van der Waals surface area contributed by atoms with Gasteiger partial charge in [0.2, 0.25) is 0 Å². The largest absolute Gasteiger partial charge is 0.472 e. The Morgan fingerprint density at radius 1 is 1.00 bits per heavy atom. The van der Waals surface area contributed by atoms with Gasteiger partial charge in [-0.05, 0) is 23.1 Å². The minimum atomic E-state index is -0.703. The second-order valence-electron chi connectivity index (χ2n) is 4.14. The first kappa shape index (κ1) is 11.3. The highest BCUT2D eigenvalue weighted by atomic mass is 35.5. The topological polar surface area (TPSA) is 33.4 Å². The molecule has 1 unspecified atom stereocenters. The van der Waals surface area contributed by atoms with Crippen LogP contribution in [0.25, 0.3) is 10.8 Å². The van der Waals surface area contributed by atoms with E-state index in [4.69, 9.17) is 16.0 Å². The molecule has 0 spiro atoms. The fourth-order valence-electron chi connectivity index (χ4n) is 2.13. The van der Waals surface area contributed by atoms with E-state index in [9.17, 15) is 5.11 Å². The van der Waals surface area contributed by atoms with Gasteiger partial charge in [0.05, 0.1) is 12.5 Å². The smallest absolute Gasteiger partial charge is 0.108 e. The van der Waals surface area contributed by atoms with Crippen molar-refractivity contribution in [3.63, 3.8) is 0 Å². The van der Waals surface area contributed by atoms with Crippen LogP contribution in [0.15, 0.2) is 59.4 Å². The lowest BCUT2D eigenvalue weighted by atomic mass is 9.97. The number of fused-ring (bicyclic) bond motifs is 1. The first-order valence-corrected chi connectivity index (χ1v) is 6.02. The van der Waals surface area contributed by atoms with Crippen LogP contribution in [0.3, 0.4) is 0 Å². The fraction of sp³-hybridized carbons (Fsp3) is 0.0667. The summed E-state index contributed by atoms with van der Waals surface area (Å²) >= 11 is 6.16. The van der Waals surface area contributed by atoms with Crippen molar-refractivity contribution in [1.29, 1.82) is 0 Å². The summed E-state index contributed by atoms with van der Waals surface area (Å²) < 4.78 is 5.01.